The smallest absolute Gasteiger partial charge is 0.287 e. The number of amides is 2. The van der Waals surface area contributed by atoms with Gasteiger partial charge < -0.3 is 19.8 Å². The zero-order chi connectivity index (χ0) is 22.4. The quantitative estimate of drug-likeness (QED) is 0.375. The fourth-order valence-corrected chi connectivity index (χ4v) is 2.90. The molecule has 0 unspecified atom stereocenters. The van der Waals surface area contributed by atoms with Crippen LogP contribution in [-0.2, 0) is 11.4 Å². The second kappa shape index (κ2) is 9.96. The van der Waals surface area contributed by atoms with Crippen molar-refractivity contribution in [3.8, 4) is 5.75 Å². The van der Waals surface area contributed by atoms with Crippen LogP contribution in [0.4, 0.5) is 11.4 Å². The molecule has 3 rings (SSSR count). The number of ether oxygens (including phenoxy) is 1. The predicted molar refractivity (Wildman–Crippen MR) is 114 cm³/mol. The van der Waals surface area contributed by atoms with Gasteiger partial charge in [0.1, 0.15) is 18.1 Å². The number of carbonyl (C=O) groups excluding carboxylic acids is 2. The molecule has 2 amide bonds. The van der Waals surface area contributed by atoms with Gasteiger partial charge in [0.25, 0.3) is 11.6 Å². The molecule has 0 radical (unpaired) electrons. The van der Waals surface area contributed by atoms with E-state index in [0.717, 1.165) is 0 Å². The van der Waals surface area contributed by atoms with Crippen molar-refractivity contribution in [2.75, 3.05) is 11.9 Å². The largest absolute Gasteiger partial charge is 0.484 e. The number of nitro groups is 1. The highest BCUT2D eigenvalue weighted by Gasteiger charge is 2.14. The monoisotopic (exact) mass is 463 g/mol. The number of benzene rings is 2. The van der Waals surface area contributed by atoms with Crippen LogP contribution < -0.4 is 15.4 Å². The lowest BCUT2D eigenvalue weighted by Crippen LogP contribution is -2.32. The summed E-state index contributed by atoms with van der Waals surface area (Å²) in [6.07, 6.45) is 0. The number of nitrogens with zero attached hydrogens (tertiary/aromatic N) is 1. The molecule has 1 aromatic heterocycles. The standard InChI is InChI=1S/C20H15Cl2N3O6/c21-12-1-7-17(16(22)9-12)30-11-15-6-8-18(31-15)20(27)23-10-19(26)24-13-2-4-14(5-3-13)25(28)29/h1-9H,10-11H2,(H,23,27)(H,24,26). The van der Waals surface area contributed by atoms with Gasteiger partial charge in [-0.15, -0.1) is 0 Å². The summed E-state index contributed by atoms with van der Waals surface area (Å²) < 4.78 is 11.0. The first-order chi connectivity index (χ1) is 14.8. The van der Waals surface area contributed by atoms with Gasteiger partial charge >= 0.3 is 0 Å². The lowest BCUT2D eigenvalue weighted by Gasteiger charge is -2.07. The first-order valence-electron chi connectivity index (χ1n) is 8.81. The summed E-state index contributed by atoms with van der Waals surface area (Å²) >= 11 is 11.9. The van der Waals surface area contributed by atoms with Crippen molar-refractivity contribution in [1.29, 1.82) is 0 Å². The lowest BCUT2D eigenvalue weighted by atomic mass is 10.3. The highest BCUT2D eigenvalue weighted by Crippen LogP contribution is 2.28. The number of non-ortho nitro benzene ring substituents is 1. The Morgan fingerprint density at radius 1 is 1.06 bits per heavy atom. The molecule has 3 aromatic rings. The first kappa shape index (κ1) is 22.1. The predicted octanol–water partition coefficient (Wildman–Crippen LogP) is 4.44. The van der Waals surface area contributed by atoms with E-state index in [-0.39, 0.29) is 24.6 Å². The van der Waals surface area contributed by atoms with Gasteiger partial charge in [-0.05, 0) is 42.5 Å². The number of hydrogen-bond acceptors (Lipinski definition) is 6. The maximum atomic E-state index is 12.2. The SMILES string of the molecule is O=C(CNC(=O)c1ccc(COc2ccc(Cl)cc2Cl)o1)Nc1ccc([N+](=O)[O-])cc1. The number of furan rings is 1. The number of rotatable bonds is 8. The lowest BCUT2D eigenvalue weighted by molar-refractivity contribution is -0.384. The number of nitrogens with one attached hydrogen (secondary N) is 2. The average Bonchev–Trinajstić information content (AvgIpc) is 3.21. The molecule has 2 aromatic carbocycles. The normalized spacial score (nSPS) is 10.4. The molecule has 0 fully saturated rings. The van der Waals surface area contributed by atoms with E-state index >= 15 is 0 Å². The van der Waals surface area contributed by atoms with E-state index in [2.05, 4.69) is 10.6 Å². The molecule has 11 heteroatoms. The highest BCUT2D eigenvalue weighted by atomic mass is 35.5. The first-order valence-corrected chi connectivity index (χ1v) is 9.56. The topological polar surface area (TPSA) is 124 Å². The van der Waals surface area contributed by atoms with Gasteiger partial charge in [0.05, 0.1) is 16.5 Å². The maximum Gasteiger partial charge on any atom is 0.287 e. The summed E-state index contributed by atoms with van der Waals surface area (Å²) in [5, 5.41) is 16.4. The molecule has 9 nitrogen and oxygen atoms in total. The van der Waals surface area contributed by atoms with E-state index in [1.807, 2.05) is 0 Å². The third-order valence-electron chi connectivity index (χ3n) is 3.92. The number of anilines is 1. The summed E-state index contributed by atoms with van der Waals surface area (Å²) in [7, 11) is 0. The molecule has 2 N–H and O–H groups in total. The van der Waals surface area contributed by atoms with Crippen LogP contribution in [0, 0.1) is 10.1 Å². The van der Waals surface area contributed by atoms with Crippen molar-refractivity contribution >= 4 is 46.4 Å². The third kappa shape index (κ3) is 6.21. The van der Waals surface area contributed by atoms with Crippen LogP contribution in [0.2, 0.25) is 10.0 Å². The average molecular weight is 464 g/mol. The third-order valence-corrected chi connectivity index (χ3v) is 4.45. The molecule has 31 heavy (non-hydrogen) atoms. The van der Waals surface area contributed by atoms with E-state index in [9.17, 15) is 19.7 Å². The molecule has 160 valence electrons. The Balaban J connectivity index is 1.47. The van der Waals surface area contributed by atoms with Crippen LogP contribution in [0.25, 0.3) is 0 Å². The van der Waals surface area contributed by atoms with Crippen LogP contribution in [0.1, 0.15) is 16.3 Å². The van der Waals surface area contributed by atoms with Crippen LogP contribution >= 0.6 is 23.2 Å². The van der Waals surface area contributed by atoms with E-state index in [4.69, 9.17) is 32.4 Å². The Hall–Kier alpha value is -3.56. The van der Waals surface area contributed by atoms with Crippen molar-refractivity contribution in [2.45, 2.75) is 6.61 Å². The minimum Gasteiger partial charge on any atom is -0.484 e. The van der Waals surface area contributed by atoms with Gasteiger partial charge in [-0.25, -0.2) is 0 Å². The van der Waals surface area contributed by atoms with E-state index in [0.29, 0.717) is 27.2 Å². The van der Waals surface area contributed by atoms with Gasteiger partial charge in [0.15, 0.2) is 5.76 Å². The maximum absolute atomic E-state index is 12.2. The molecular formula is C20H15Cl2N3O6. The molecule has 0 aliphatic carbocycles. The zero-order valence-corrected chi connectivity index (χ0v) is 17.3. The Morgan fingerprint density at radius 2 is 1.81 bits per heavy atom. The molecule has 1 heterocycles. The summed E-state index contributed by atoms with van der Waals surface area (Å²) in [6.45, 7) is -0.280. The second-order valence-electron chi connectivity index (χ2n) is 6.16. The fourth-order valence-electron chi connectivity index (χ4n) is 2.44. The Bertz CT molecular complexity index is 1110. The van der Waals surface area contributed by atoms with Crippen molar-refractivity contribution in [3.05, 3.63) is 86.3 Å². The van der Waals surface area contributed by atoms with Crippen molar-refractivity contribution in [3.63, 3.8) is 0 Å². The zero-order valence-electron chi connectivity index (χ0n) is 15.8. The molecule has 0 aliphatic rings. The molecule has 0 saturated heterocycles. The van der Waals surface area contributed by atoms with Crippen molar-refractivity contribution < 1.29 is 23.7 Å². The molecule has 0 atom stereocenters. The number of carbonyl (C=O) groups is 2. The summed E-state index contributed by atoms with van der Waals surface area (Å²) in [6, 6.07) is 13.1. The van der Waals surface area contributed by atoms with E-state index in [1.54, 1.807) is 24.3 Å². The highest BCUT2D eigenvalue weighted by molar-refractivity contribution is 6.35. The summed E-state index contributed by atoms with van der Waals surface area (Å²) in [5.41, 5.74) is 0.269. The molecule has 0 saturated carbocycles. The number of nitro benzene ring substituents is 1. The Labute approximate surface area is 186 Å². The van der Waals surface area contributed by atoms with Gasteiger partial charge in [0.2, 0.25) is 5.91 Å². The van der Waals surface area contributed by atoms with Crippen LogP contribution in [0.3, 0.4) is 0 Å². The molecule has 0 bridgehead atoms. The Morgan fingerprint density at radius 3 is 2.48 bits per heavy atom. The minimum atomic E-state index is -0.588. The molecule has 0 spiro atoms. The van der Waals surface area contributed by atoms with Gasteiger partial charge in [-0.3, -0.25) is 19.7 Å². The second-order valence-corrected chi connectivity index (χ2v) is 7.01. The van der Waals surface area contributed by atoms with Gasteiger partial charge in [0, 0.05) is 22.8 Å². The van der Waals surface area contributed by atoms with Gasteiger partial charge in [-0.2, -0.15) is 0 Å². The van der Waals surface area contributed by atoms with Crippen molar-refractivity contribution in [1.82, 2.24) is 5.32 Å². The number of halogens is 2. The van der Waals surface area contributed by atoms with E-state index < -0.39 is 16.7 Å². The molecule has 0 aliphatic heterocycles. The van der Waals surface area contributed by atoms with Crippen LogP contribution in [0.15, 0.2) is 59.0 Å². The summed E-state index contributed by atoms with van der Waals surface area (Å²) in [5.74, 6) is -0.295. The van der Waals surface area contributed by atoms with E-state index in [1.165, 1.54) is 30.3 Å². The van der Waals surface area contributed by atoms with Crippen molar-refractivity contribution in [2.24, 2.45) is 0 Å². The summed E-state index contributed by atoms with van der Waals surface area (Å²) in [4.78, 5) is 34.2. The van der Waals surface area contributed by atoms with Gasteiger partial charge in [-0.1, -0.05) is 23.2 Å². The van der Waals surface area contributed by atoms with Crippen LogP contribution in [0.5, 0.6) is 5.75 Å². The minimum absolute atomic E-state index is 0.00365. The fraction of sp³-hybridized carbons (Fsp3) is 0.100. The molecular weight excluding hydrogens is 449 g/mol. The Kier molecular flexibility index (Phi) is 7.11. The van der Waals surface area contributed by atoms with Crippen LogP contribution in [-0.4, -0.2) is 23.3 Å². The number of hydrogen-bond donors (Lipinski definition) is 2.